The van der Waals surface area contributed by atoms with Crippen LogP contribution in [-0.4, -0.2) is 0 Å². The van der Waals surface area contributed by atoms with Crippen molar-refractivity contribution in [2.45, 2.75) is 0 Å². The Labute approximate surface area is 335 Å². The van der Waals surface area contributed by atoms with Gasteiger partial charge in [0.05, 0.1) is 0 Å². The second kappa shape index (κ2) is 11.9. The van der Waals surface area contributed by atoms with Gasteiger partial charge in [0.15, 0.2) is 0 Å². The molecule has 57 heavy (non-hydrogen) atoms. The molecular weight excluding hydrogens is 729 g/mol. The summed E-state index contributed by atoms with van der Waals surface area (Å²) < 4.78 is 12.1. The molecule has 1 nitrogen and oxygen atoms in total. The fourth-order valence-electron chi connectivity index (χ4n) is 9.59. The summed E-state index contributed by atoms with van der Waals surface area (Å²) in [6.07, 6.45) is 0. The molecule has 0 aliphatic heterocycles. The number of hydrogen-bond acceptors (Lipinski definition) is 3. The van der Waals surface area contributed by atoms with E-state index in [2.05, 4.69) is 176 Å². The minimum absolute atomic E-state index is 0.915. The predicted octanol–water partition coefficient (Wildman–Crippen LogP) is 16.8. The van der Waals surface area contributed by atoms with Gasteiger partial charge < -0.3 is 4.42 Å². The predicted molar refractivity (Wildman–Crippen MR) is 248 cm³/mol. The molecule has 0 N–H and O–H groups in total. The van der Waals surface area contributed by atoms with Gasteiger partial charge in [-0.1, -0.05) is 158 Å². The third-order valence-corrected chi connectivity index (χ3v) is 14.5. The Morgan fingerprint density at radius 3 is 1.65 bits per heavy atom. The van der Waals surface area contributed by atoms with Gasteiger partial charge in [0.1, 0.15) is 11.2 Å². The van der Waals surface area contributed by atoms with Gasteiger partial charge in [0.25, 0.3) is 0 Å². The van der Waals surface area contributed by atoms with Crippen LogP contribution >= 0.6 is 22.7 Å². The van der Waals surface area contributed by atoms with Crippen molar-refractivity contribution in [2.75, 3.05) is 0 Å². The minimum Gasteiger partial charge on any atom is -0.455 e. The van der Waals surface area contributed by atoms with E-state index in [0.29, 0.717) is 0 Å². The molecule has 0 radical (unpaired) electrons. The van der Waals surface area contributed by atoms with Gasteiger partial charge >= 0.3 is 0 Å². The number of thiophene rings is 2. The largest absolute Gasteiger partial charge is 0.455 e. The van der Waals surface area contributed by atoms with Gasteiger partial charge in [-0.3, -0.25) is 0 Å². The smallest absolute Gasteiger partial charge is 0.143 e. The first-order valence-electron chi connectivity index (χ1n) is 19.4. The molecule has 3 heterocycles. The number of hydrogen-bond donors (Lipinski definition) is 0. The van der Waals surface area contributed by atoms with Gasteiger partial charge in [0.2, 0.25) is 0 Å². The van der Waals surface area contributed by atoms with Crippen LogP contribution in [0.15, 0.2) is 186 Å². The summed E-state index contributed by atoms with van der Waals surface area (Å²) in [6.45, 7) is 0. The molecule has 10 aromatic carbocycles. The Hall–Kier alpha value is -6.78. The van der Waals surface area contributed by atoms with Crippen molar-refractivity contribution in [3.05, 3.63) is 182 Å². The number of furan rings is 1. The molecule has 0 aliphatic carbocycles. The summed E-state index contributed by atoms with van der Waals surface area (Å²) in [7, 11) is 0. The highest BCUT2D eigenvalue weighted by atomic mass is 32.1. The van der Waals surface area contributed by atoms with Crippen molar-refractivity contribution in [2.24, 2.45) is 0 Å². The van der Waals surface area contributed by atoms with E-state index in [1.807, 2.05) is 28.7 Å². The van der Waals surface area contributed by atoms with E-state index < -0.39 is 0 Å². The highest BCUT2D eigenvalue weighted by Crippen LogP contribution is 2.49. The molecule has 264 valence electrons. The molecule has 0 atom stereocenters. The van der Waals surface area contributed by atoms with Gasteiger partial charge in [-0.05, 0) is 73.5 Å². The van der Waals surface area contributed by atoms with Crippen molar-refractivity contribution in [1.82, 2.24) is 0 Å². The molecule has 0 aliphatic rings. The molecule has 0 amide bonds. The lowest BCUT2D eigenvalue weighted by atomic mass is 9.85. The van der Waals surface area contributed by atoms with Gasteiger partial charge in [-0.25, -0.2) is 0 Å². The van der Waals surface area contributed by atoms with Crippen molar-refractivity contribution < 1.29 is 4.42 Å². The van der Waals surface area contributed by atoms with Crippen LogP contribution in [0.5, 0.6) is 0 Å². The number of rotatable bonds is 3. The van der Waals surface area contributed by atoms with Crippen molar-refractivity contribution in [3.8, 4) is 33.4 Å². The molecular formula is C54H30OS2. The van der Waals surface area contributed by atoms with Crippen LogP contribution in [0.25, 0.3) is 128 Å². The maximum Gasteiger partial charge on any atom is 0.143 e. The van der Waals surface area contributed by atoms with Crippen LogP contribution in [-0.2, 0) is 0 Å². The SMILES string of the molecule is c1ccc2c(c1)oc1c(-c3c4ccccc4c(-c4ccc(-c5cc6c7ccc8sc9ccccc9c8c7sc6c6ccccc56)cc4)c4ccccc34)cccc12. The van der Waals surface area contributed by atoms with E-state index >= 15 is 0 Å². The first-order chi connectivity index (χ1) is 28.3. The molecule has 13 aromatic rings. The molecule has 3 aromatic heterocycles. The zero-order valence-corrected chi connectivity index (χ0v) is 32.2. The quantitative estimate of drug-likeness (QED) is 0.164. The average Bonchev–Trinajstić information content (AvgIpc) is 3.97. The Morgan fingerprint density at radius 1 is 0.316 bits per heavy atom. The maximum atomic E-state index is 6.61. The fraction of sp³-hybridized carbons (Fsp3) is 0. The highest BCUT2D eigenvalue weighted by molar-refractivity contribution is 7.30. The molecule has 0 bridgehead atoms. The van der Waals surface area contributed by atoms with Crippen LogP contribution in [0.2, 0.25) is 0 Å². The first-order valence-corrected chi connectivity index (χ1v) is 21.0. The van der Waals surface area contributed by atoms with E-state index in [4.69, 9.17) is 4.42 Å². The Balaban J connectivity index is 1.02. The standard InChI is InChI=1S/C54H30OS2/c1-6-18-40-33(12-1)44(30-45-41-28-29-48-51(54(41)57-53(40)45)42-19-8-10-23-47(42)56-48)31-24-26-32(27-25-31)49-35-14-2-4-16-37(35)50(38-17-5-3-15-36(38)49)43-21-11-20-39-34-13-7-9-22-46(34)55-52(39)43/h1-30H. The maximum absolute atomic E-state index is 6.61. The minimum atomic E-state index is 0.915. The first kappa shape index (κ1) is 31.4. The van der Waals surface area contributed by atoms with Crippen molar-refractivity contribution in [1.29, 1.82) is 0 Å². The van der Waals surface area contributed by atoms with Crippen LogP contribution in [0, 0.1) is 0 Å². The second-order valence-electron chi connectivity index (χ2n) is 15.1. The number of benzene rings is 10. The lowest BCUT2D eigenvalue weighted by Crippen LogP contribution is -1.91. The van der Waals surface area contributed by atoms with Gasteiger partial charge in [0, 0.05) is 67.6 Å². The summed E-state index contributed by atoms with van der Waals surface area (Å²) in [5, 5.41) is 15.2. The summed E-state index contributed by atoms with van der Waals surface area (Å²) >= 11 is 3.84. The van der Waals surface area contributed by atoms with Gasteiger partial charge in [-0.2, -0.15) is 0 Å². The molecule has 0 fully saturated rings. The van der Waals surface area contributed by atoms with Crippen LogP contribution in [0.3, 0.4) is 0 Å². The van der Waals surface area contributed by atoms with Crippen molar-refractivity contribution in [3.63, 3.8) is 0 Å². The van der Waals surface area contributed by atoms with E-state index in [-0.39, 0.29) is 0 Å². The zero-order valence-electron chi connectivity index (χ0n) is 30.5. The summed E-state index contributed by atoms with van der Waals surface area (Å²) in [5.74, 6) is 0. The van der Waals surface area contributed by atoms with Gasteiger partial charge in [-0.15, -0.1) is 22.7 Å². The average molecular weight is 759 g/mol. The zero-order chi connectivity index (χ0) is 37.2. The summed E-state index contributed by atoms with van der Waals surface area (Å²) in [4.78, 5) is 0. The van der Waals surface area contributed by atoms with Crippen LogP contribution in [0.1, 0.15) is 0 Å². The molecule has 0 saturated carbocycles. The molecule has 0 unspecified atom stereocenters. The van der Waals surface area contributed by atoms with E-state index in [0.717, 1.165) is 27.5 Å². The summed E-state index contributed by atoms with van der Waals surface area (Å²) in [6, 6.07) is 66.9. The topological polar surface area (TPSA) is 13.1 Å². The van der Waals surface area contributed by atoms with E-state index in [1.165, 1.54) is 100 Å². The van der Waals surface area contributed by atoms with E-state index in [1.54, 1.807) is 0 Å². The Bertz CT molecular complexity index is 3750. The lowest BCUT2D eigenvalue weighted by Gasteiger charge is -2.18. The van der Waals surface area contributed by atoms with Crippen molar-refractivity contribution >= 4 is 117 Å². The summed E-state index contributed by atoms with van der Waals surface area (Å²) in [5.41, 5.74) is 9.13. The number of fused-ring (bicyclic) bond motifs is 14. The molecule has 0 spiro atoms. The van der Waals surface area contributed by atoms with Crippen LogP contribution in [0.4, 0.5) is 0 Å². The normalized spacial score (nSPS) is 12.2. The Morgan fingerprint density at radius 2 is 0.895 bits per heavy atom. The molecule has 0 saturated heterocycles. The third kappa shape index (κ3) is 4.44. The van der Waals surface area contributed by atoms with Crippen LogP contribution < -0.4 is 0 Å². The molecule has 13 rings (SSSR count). The monoisotopic (exact) mass is 758 g/mol. The third-order valence-electron chi connectivity index (χ3n) is 12.1. The fourth-order valence-corrected chi connectivity index (χ4v) is 12.2. The van der Waals surface area contributed by atoms with E-state index in [9.17, 15) is 0 Å². The second-order valence-corrected chi connectivity index (χ2v) is 17.2. The Kier molecular flexibility index (Phi) is 6.54. The highest BCUT2D eigenvalue weighted by Gasteiger charge is 2.21. The molecule has 3 heteroatoms. The number of para-hydroxylation sites is 2. The lowest BCUT2D eigenvalue weighted by molar-refractivity contribution is 0.670.